The summed E-state index contributed by atoms with van der Waals surface area (Å²) in [6.07, 6.45) is 3.35. The van der Waals surface area contributed by atoms with Crippen LogP contribution in [0.5, 0.6) is 0 Å². The van der Waals surface area contributed by atoms with Gasteiger partial charge in [0.15, 0.2) is 10.9 Å². The lowest BCUT2D eigenvalue weighted by atomic mass is 10.1. The topological polar surface area (TPSA) is 73.0 Å². The van der Waals surface area contributed by atoms with Crippen LogP contribution in [0.2, 0.25) is 0 Å². The van der Waals surface area contributed by atoms with Crippen molar-refractivity contribution in [1.82, 2.24) is 14.8 Å². The number of furan rings is 1. The summed E-state index contributed by atoms with van der Waals surface area (Å²) in [5.74, 6) is 1.40. The second-order valence-corrected chi connectivity index (χ2v) is 6.73. The van der Waals surface area contributed by atoms with Crippen molar-refractivity contribution in [3.63, 3.8) is 0 Å². The number of rotatable bonds is 7. The predicted octanol–water partition coefficient (Wildman–Crippen LogP) is 4.07. The van der Waals surface area contributed by atoms with E-state index in [9.17, 15) is 4.79 Å². The number of aryl methyl sites for hydroxylation is 2. The largest absolute Gasteiger partial charge is 0.461 e. The number of aromatic nitrogens is 3. The van der Waals surface area contributed by atoms with Gasteiger partial charge in [0.05, 0.1) is 12.0 Å². The molecule has 0 unspecified atom stereocenters. The minimum absolute atomic E-state index is 0.0832. The Morgan fingerprint density at radius 3 is 2.69 bits per heavy atom. The molecule has 1 N–H and O–H groups in total. The minimum Gasteiger partial charge on any atom is -0.461 e. The van der Waals surface area contributed by atoms with E-state index in [-0.39, 0.29) is 11.7 Å². The van der Waals surface area contributed by atoms with E-state index in [4.69, 9.17) is 4.42 Å². The summed E-state index contributed by atoms with van der Waals surface area (Å²) in [5, 5.41) is 12.0. The first-order valence-corrected chi connectivity index (χ1v) is 9.15. The van der Waals surface area contributed by atoms with Gasteiger partial charge in [0.25, 0.3) is 0 Å². The van der Waals surface area contributed by atoms with Gasteiger partial charge in [-0.25, -0.2) is 0 Å². The van der Waals surface area contributed by atoms with Crippen LogP contribution in [-0.4, -0.2) is 26.4 Å². The van der Waals surface area contributed by atoms with Gasteiger partial charge in [-0.15, -0.1) is 16.8 Å². The molecule has 3 rings (SSSR count). The van der Waals surface area contributed by atoms with Gasteiger partial charge in [0.1, 0.15) is 0 Å². The van der Waals surface area contributed by atoms with E-state index in [1.165, 1.54) is 11.8 Å². The summed E-state index contributed by atoms with van der Waals surface area (Å²) in [4.78, 5) is 12.4. The summed E-state index contributed by atoms with van der Waals surface area (Å²) in [5.41, 5.74) is 2.94. The van der Waals surface area contributed by atoms with E-state index in [0.717, 1.165) is 16.8 Å². The van der Waals surface area contributed by atoms with Crippen molar-refractivity contribution in [1.29, 1.82) is 0 Å². The summed E-state index contributed by atoms with van der Waals surface area (Å²) < 4.78 is 7.28. The lowest BCUT2D eigenvalue weighted by molar-refractivity contribution is -0.113. The zero-order valence-electron chi connectivity index (χ0n) is 14.7. The van der Waals surface area contributed by atoms with E-state index < -0.39 is 0 Å². The van der Waals surface area contributed by atoms with Crippen molar-refractivity contribution in [3.8, 4) is 11.6 Å². The Kier molecular flexibility index (Phi) is 5.58. The molecule has 0 radical (unpaired) electrons. The Hall–Kier alpha value is -2.80. The summed E-state index contributed by atoms with van der Waals surface area (Å²) in [7, 11) is 0. The van der Waals surface area contributed by atoms with Crippen molar-refractivity contribution in [2.45, 2.75) is 25.5 Å². The molecule has 7 heteroatoms. The number of nitrogens with one attached hydrogen (secondary N) is 1. The fraction of sp³-hybridized carbons (Fsp3) is 0.211. The molecule has 0 aliphatic heterocycles. The number of anilines is 1. The number of hydrogen-bond acceptors (Lipinski definition) is 5. The number of allylic oxidation sites excluding steroid dienone is 1. The Morgan fingerprint density at radius 1 is 1.27 bits per heavy atom. The number of nitrogens with zero attached hydrogens (tertiary/aromatic N) is 3. The number of carbonyl (C=O) groups is 1. The Morgan fingerprint density at radius 2 is 2.04 bits per heavy atom. The number of benzene rings is 1. The van der Waals surface area contributed by atoms with Crippen LogP contribution in [0.3, 0.4) is 0 Å². The molecule has 1 aromatic carbocycles. The average molecular weight is 368 g/mol. The zero-order chi connectivity index (χ0) is 18.5. The molecule has 0 saturated heterocycles. The van der Waals surface area contributed by atoms with E-state index in [1.807, 2.05) is 42.7 Å². The molecule has 0 bridgehead atoms. The Balaban J connectivity index is 1.71. The van der Waals surface area contributed by atoms with Gasteiger partial charge in [-0.2, -0.15) is 0 Å². The first kappa shape index (κ1) is 18.0. The molecule has 3 aromatic rings. The summed E-state index contributed by atoms with van der Waals surface area (Å²) >= 11 is 1.33. The maximum atomic E-state index is 12.4. The van der Waals surface area contributed by atoms with Crippen LogP contribution >= 0.6 is 11.8 Å². The monoisotopic (exact) mass is 368 g/mol. The minimum atomic E-state index is -0.0832. The van der Waals surface area contributed by atoms with Crippen LogP contribution < -0.4 is 5.32 Å². The third kappa shape index (κ3) is 3.88. The third-order valence-corrected chi connectivity index (χ3v) is 4.81. The summed E-state index contributed by atoms with van der Waals surface area (Å²) in [6.45, 7) is 8.26. The van der Waals surface area contributed by atoms with Gasteiger partial charge >= 0.3 is 0 Å². The highest BCUT2D eigenvalue weighted by Crippen LogP contribution is 2.25. The summed E-state index contributed by atoms with van der Waals surface area (Å²) in [6, 6.07) is 9.56. The highest BCUT2D eigenvalue weighted by Gasteiger charge is 2.17. The standard InChI is InChI=1S/C19H20N4O2S/c1-4-10-23-18(15-9-6-11-25-15)21-22-19(23)26-12-16(24)20-17-13(2)7-5-8-14(17)3/h4-9,11H,1,10,12H2,2-3H3,(H,20,24). The van der Waals surface area contributed by atoms with E-state index in [2.05, 4.69) is 22.1 Å². The van der Waals surface area contributed by atoms with Crippen molar-refractivity contribution in [2.75, 3.05) is 11.1 Å². The molecule has 0 saturated carbocycles. The first-order chi connectivity index (χ1) is 12.6. The third-order valence-electron chi connectivity index (χ3n) is 3.85. The van der Waals surface area contributed by atoms with Gasteiger partial charge in [-0.1, -0.05) is 36.0 Å². The van der Waals surface area contributed by atoms with E-state index in [1.54, 1.807) is 18.4 Å². The van der Waals surface area contributed by atoms with Crippen LogP contribution in [0.15, 0.2) is 58.8 Å². The Labute approximate surface area is 156 Å². The van der Waals surface area contributed by atoms with Crippen molar-refractivity contribution in [2.24, 2.45) is 0 Å². The molecule has 0 aliphatic rings. The van der Waals surface area contributed by atoms with Gasteiger partial charge < -0.3 is 9.73 Å². The number of thioether (sulfide) groups is 1. The van der Waals surface area contributed by atoms with Gasteiger partial charge in [0, 0.05) is 12.2 Å². The van der Waals surface area contributed by atoms with Crippen LogP contribution in [0, 0.1) is 13.8 Å². The molecular weight excluding hydrogens is 348 g/mol. The number of amides is 1. The van der Waals surface area contributed by atoms with Crippen LogP contribution in [-0.2, 0) is 11.3 Å². The van der Waals surface area contributed by atoms with Crippen molar-refractivity contribution >= 4 is 23.4 Å². The molecule has 6 nitrogen and oxygen atoms in total. The van der Waals surface area contributed by atoms with Gasteiger partial charge in [0.2, 0.25) is 11.7 Å². The number of hydrogen-bond donors (Lipinski definition) is 1. The van der Waals surface area contributed by atoms with Crippen LogP contribution in [0.4, 0.5) is 5.69 Å². The SMILES string of the molecule is C=CCn1c(SCC(=O)Nc2c(C)cccc2C)nnc1-c1ccco1. The van der Waals surface area contributed by atoms with Gasteiger partial charge in [-0.05, 0) is 37.1 Å². The van der Waals surface area contributed by atoms with Crippen LogP contribution in [0.25, 0.3) is 11.6 Å². The highest BCUT2D eigenvalue weighted by atomic mass is 32.2. The van der Waals surface area contributed by atoms with Gasteiger partial charge in [-0.3, -0.25) is 9.36 Å². The fourth-order valence-corrected chi connectivity index (χ4v) is 3.34. The van der Waals surface area contributed by atoms with Crippen LogP contribution in [0.1, 0.15) is 11.1 Å². The number of para-hydroxylation sites is 1. The molecule has 1 amide bonds. The zero-order valence-corrected chi connectivity index (χ0v) is 15.5. The maximum Gasteiger partial charge on any atom is 0.234 e. The fourth-order valence-electron chi connectivity index (χ4n) is 2.59. The molecule has 26 heavy (non-hydrogen) atoms. The Bertz CT molecular complexity index is 896. The first-order valence-electron chi connectivity index (χ1n) is 8.17. The molecule has 0 spiro atoms. The lowest BCUT2D eigenvalue weighted by Crippen LogP contribution is -2.16. The van der Waals surface area contributed by atoms with Crippen molar-refractivity contribution in [3.05, 3.63) is 60.4 Å². The highest BCUT2D eigenvalue weighted by molar-refractivity contribution is 7.99. The molecule has 0 fully saturated rings. The van der Waals surface area contributed by atoms with E-state index in [0.29, 0.717) is 23.3 Å². The smallest absolute Gasteiger partial charge is 0.234 e. The second kappa shape index (κ2) is 8.05. The van der Waals surface area contributed by atoms with E-state index >= 15 is 0 Å². The molecule has 0 atom stereocenters. The molecule has 2 aromatic heterocycles. The average Bonchev–Trinajstić information content (AvgIpc) is 3.26. The predicted molar refractivity (Wildman–Crippen MR) is 103 cm³/mol. The molecule has 0 aliphatic carbocycles. The molecule has 134 valence electrons. The normalized spacial score (nSPS) is 10.7. The second-order valence-electron chi connectivity index (χ2n) is 5.79. The maximum absolute atomic E-state index is 12.4. The molecule has 2 heterocycles. The molecular formula is C19H20N4O2S. The lowest BCUT2D eigenvalue weighted by Gasteiger charge is -2.11. The quantitative estimate of drug-likeness (QED) is 0.503. The van der Waals surface area contributed by atoms with Crippen molar-refractivity contribution < 1.29 is 9.21 Å². The number of carbonyl (C=O) groups excluding carboxylic acids is 1.